The van der Waals surface area contributed by atoms with E-state index in [1.807, 2.05) is 0 Å². The molecule has 1 saturated heterocycles. The molecule has 2 rings (SSSR count). The summed E-state index contributed by atoms with van der Waals surface area (Å²) in [6.45, 7) is 1.30. The van der Waals surface area contributed by atoms with Gasteiger partial charge < -0.3 is 5.32 Å². The SMILES string of the molecule is O=S(=O)(Nc1ccccc1SC(F)F)C1CCNCC1. The average Bonchev–Trinajstić information content (AvgIpc) is 2.41. The number of hydrogen-bond acceptors (Lipinski definition) is 4. The standard InChI is InChI=1S/C12H16F2N2O2S2/c13-12(14)19-11-4-2-1-3-10(11)16-20(17,18)9-5-7-15-8-6-9/h1-4,9,12,15-16H,5-8H2. The molecular weight excluding hydrogens is 306 g/mol. The van der Waals surface area contributed by atoms with E-state index in [0.717, 1.165) is 0 Å². The van der Waals surface area contributed by atoms with Crippen LogP contribution < -0.4 is 10.0 Å². The maximum absolute atomic E-state index is 12.5. The topological polar surface area (TPSA) is 58.2 Å². The van der Waals surface area contributed by atoms with Crippen LogP contribution in [0, 0.1) is 0 Å². The van der Waals surface area contributed by atoms with E-state index in [2.05, 4.69) is 10.0 Å². The van der Waals surface area contributed by atoms with E-state index in [1.165, 1.54) is 12.1 Å². The zero-order chi connectivity index (χ0) is 14.6. The Morgan fingerprint density at radius 2 is 1.90 bits per heavy atom. The molecule has 0 aromatic heterocycles. The first-order valence-corrected chi connectivity index (χ1v) is 8.68. The van der Waals surface area contributed by atoms with Crippen molar-refractivity contribution < 1.29 is 17.2 Å². The second-order valence-electron chi connectivity index (χ2n) is 4.47. The third kappa shape index (κ3) is 4.07. The number of hydrogen-bond donors (Lipinski definition) is 2. The van der Waals surface area contributed by atoms with E-state index in [-0.39, 0.29) is 10.6 Å². The van der Waals surface area contributed by atoms with Crippen molar-refractivity contribution in [3.05, 3.63) is 24.3 Å². The highest BCUT2D eigenvalue weighted by Gasteiger charge is 2.27. The maximum Gasteiger partial charge on any atom is 0.288 e. The largest absolute Gasteiger partial charge is 0.317 e. The minimum absolute atomic E-state index is 0.219. The van der Waals surface area contributed by atoms with Crippen molar-refractivity contribution in [1.82, 2.24) is 5.32 Å². The van der Waals surface area contributed by atoms with E-state index >= 15 is 0 Å². The summed E-state index contributed by atoms with van der Waals surface area (Å²) in [5.41, 5.74) is 0.219. The summed E-state index contributed by atoms with van der Waals surface area (Å²) in [7, 11) is -3.54. The van der Waals surface area contributed by atoms with Gasteiger partial charge >= 0.3 is 0 Å². The Balaban J connectivity index is 2.16. The van der Waals surface area contributed by atoms with Crippen molar-refractivity contribution in [1.29, 1.82) is 0 Å². The van der Waals surface area contributed by atoms with Crippen molar-refractivity contribution in [2.24, 2.45) is 0 Å². The molecule has 0 unspecified atom stereocenters. The molecule has 0 saturated carbocycles. The molecule has 20 heavy (non-hydrogen) atoms. The zero-order valence-electron chi connectivity index (χ0n) is 10.7. The molecule has 0 amide bonds. The van der Waals surface area contributed by atoms with Crippen LogP contribution in [0.5, 0.6) is 0 Å². The van der Waals surface area contributed by atoms with Crippen molar-refractivity contribution in [2.45, 2.75) is 28.7 Å². The summed E-state index contributed by atoms with van der Waals surface area (Å²) in [5, 5.41) is 2.61. The molecule has 0 atom stereocenters. The normalized spacial score (nSPS) is 17.4. The van der Waals surface area contributed by atoms with E-state index in [9.17, 15) is 17.2 Å². The molecule has 4 nitrogen and oxygen atoms in total. The average molecular weight is 322 g/mol. The molecule has 1 fully saturated rings. The van der Waals surface area contributed by atoms with E-state index in [4.69, 9.17) is 0 Å². The van der Waals surface area contributed by atoms with Gasteiger partial charge in [-0.1, -0.05) is 23.9 Å². The summed E-state index contributed by atoms with van der Waals surface area (Å²) in [5.74, 6) is -2.58. The highest BCUT2D eigenvalue weighted by Crippen LogP contribution is 2.32. The van der Waals surface area contributed by atoms with Crippen LogP contribution in [-0.4, -0.2) is 32.5 Å². The third-order valence-electron chi connectivity index (χ3n) is 3.08. The molecule has 0 bridgehead atoms. The molecular formula is C12H16F2N2O2S2. The van der Waals surface area contributed by atoms with Crippen LogP contribution in [0.2, 0.25) is 0 Å². The van der Waals surface area contributed by atoms with Crippen LogP contribution in [-0.2, 0) is 10.0 Å². The molecule has 112 valence electrons. The Hall–Kier alpha value is -0.860. The van der Waals surface area contributed by atoms with Crippen molar-refractivity contribution in [3.8, 4) is 0 Å². The van der Waals surface area contributed by atoms with Gasteiger partial charge in [0.15, 0.2) is 0 Å². The molecule has 1 aliphatic heterocycles. The summed E-state index contributed by atoms with van der Waals surface area (Å²) in [6, 6.07) is 6.21. The van der Waals surface area contributed by atoms with Gasteiger partial charge in [-0.25, -0.2) is 8.42 Å². The number of rotatable bonds is 5. The summed E-state index contributed by atoms with van der Waals surface area (Å²) >= 11 is 0.340. The van der Waals surface area contributed by atoms with E-state index < -0.39 is 21.0 Å². The van der Waals surface area contributed by atoms with Crippen LogP contribution in [0.4, 0.5) is 14.5 Å². The zero-order valence-corrected chi connectivity index (χ0v) is 12.3. The lowest BCUT2D eigenvalue weighted by atomic mass is 10.2. The van der Waals surface area contributed by atoms with Crippen LogP contribution >= 0.6 is 11.8 Å². The number of benzene rings is 1. The van der Waals surface area contributed by atoms with Crippen molar-refractivity contribution >= 4 is 27.5 Å². The predicted molar refractivity (Wildman–Crippen MR) is 76.7 cm³/mol. The Kier molecular flexibility index (Phi) is 5.22. The molecule has 8 heteroatoms. The summed E-state index contributed by atoms with van der Waals surface area (Å²) < 4.78 is 51.9. The number of nitrogens with one attached hydrogen (secondary N) is 2. The lowest BCUT2D eigenvalue weighted by molar-refractivity contribution is 0.252. The Labute approximate surface area is 121 Å². The van der Waals surface area contributed by atoms with Crippen LogP contribution in [0.25, 0.3) is 0 Å². The Bertz CT molecular complexity index is 546. The van der Waals surface area contributed by atoms with Gasteiger partial charge in [0.25, 0.3) is 5.76 Å². The fraction of sp³-hybridized carbons (Fsp3) is 0.500. The summed E-state index contributed by atoms with van der Waals surface area (Å²) in [4.78, 5) is 0.236. The molecule has 1 heterocycles. The second-order valence-corrected chi connectivity index (χ2v) is 7.46. The maximum atomic E-state index is 12.5. The number of piperidine rings is 1. The van der Waals surface area contributed by atoms with Gasteiger partial charge in [0.1, 0.15) is 0 Å². The lowest BCUT2D eigenvalue weighted by Crippen LogP contribution is -2.38. The van der Waals surface area contributed by atoms with Crippen LogP contribution in [0.3, 0.4) is 0 Å². The van der Waals surface area contributed by atoms with Gasteiger partial charge in [0.05, 0.1) is 10.9 Å². The van der Waals surface area contributed by atoms with Gasteiger partial charge in [0.2, 0.25) is 10.0 Å². The highest BCUT2D eigenvalue weighted by molar-refractivity contribution is 8.00. The van der Waals surface area contributed by atoms with Crippen LogP contribution in [0.1, 0.15) is 12.8 Å². The number of sulfonamides is 1. The molecule has 0 aliphatic carbocycles. The van der Waals surface area contributed by atoms with Crippen LogP contribution in [0.15, 0.2) is 29.2 Å². The molecule has 0 radical (unpaired) electrons. The first-order valence-electron chi connectivity index (χ1n) is 6.25. The monoisotopic (exact) mass is 322 g/mol. The highest BCUT2D eigenvalue weighted by atomic mass is 32.2. The second kappa shape index (κ2) is 6.73. The predicted octanol–water partition coefficient (Wildman–Crippen LogP) is 2.50. The molecule has 1 aromatic carbocycles. The Morgan fingerprint density at radius 3 is 2.55 bits per heavy atom. The quantitative estimate of drug-likeness (QED) is 0.818. The Morgan fingerprint density at radius 1 is 1.25 bits per heavy atom. The first kappa shape index (κ1) is 15.5. The van der Waals surface area contributed by atoms with E-state index in [0.29, 0.717) is 37.7 Å². The number of alkyl halides is 2. The van der Waals surface area contributed by atoms with Crippen molar-refractivity contribution in [3.63, 3.8) is 0 Å². The first-order chi connectivity index (χ1) is 9.49. The fourth-order valence-corrected chi connectivity index (χ4v) is 4.26. The lowest BCUT2D eigenvalue weighted by Gasteiger charge is -2.23. The van der Waals surface area contributed by atoms with E-state index in [1.54, 1.807) is 12.1 Å². The molecule has 0 spiro atoms. The fourth-order valence-electron chi connectivity index (χ4n) is 2.09. The number of thioether (sulfide) groups is 1. The minimum Gasteiger partial charge on any atom is -0.317 e. The number of halogens is 2. The minimum atomic E-state index is -3.54. The third-order valence-corrected chi connectivity index (χ3v) is 5.72. The van der Waals surface area contributed by atoms with Gasteiger partial charge in [-0.15, -0.1) is 0 Å². The van der Waals surface area contributed by atoms with Gasteiger partial charge in [-0.3, -0.25) is 4.72 Å². The molecule has 2 N–H and O–H groups in total. The summed E-state index contributed by atoms with van der Waals surface area (Å²) in [6.07, 6.45) is 1.05. The number of anilines is 1. The van der Waals surface area contributed by atoms with Gasteiger partial charge in [-0.05, 0) is 38.1 Å². The van der Waals surface area contributed by atoms with Gasteiger partial charge in [-0.2, -0.15) is 8.78 Å². The molecule has 1 aromatic rings. The number of para-hydroxylation sites is 1. The molecule has 1 aliphatic rings. The smallest absolute Gasteiger partial charge is 0.288 e. The van der Waals surface area contributed by atoms with Crippen molar-refractivity contribution in [2.75, 3.05) is 17.8 Å². The van der Waals surface area contributed by atoms with Gasteiger partial charge in [0, 0.05) is 4.90 Å².